The van der Waals surface area contributed by atoms with Gasteiger partial charge in [-0.1, -0.05) is 48.5 Å². The topological polar surface area (TPSA) is 111 Å². The number of carbonyl (C=O) groups excluding carboxylic acids is 1. The molecule has 0 unspecified atom stereocenters. The molecule has 0 radical (unpaired) electrons. The first kappa shape index (κ1) is 25.5. The molecule has 172 valence electrons. The van der Waals surface area contributed by atoms with E-state index in [0.29, 0.717) is 28.1 Å². The molecule has 4 N–H and O–H groups in total. The average Bonchev–Trinajstić information content (AvgIpc) is 2.91. The van der Waals surface area contributed by atoms with E-state index in [1.54, 1.807) is 68.8 Å². The largest absolute Gasteiger partial charge is 0.497 e. The summed E-state index contributed by atoms with van der Waals surface area (Å²) in [6.07, 6.45) is 0. The lowest BCUT2D eigenvalue weighted by atomic mass is 10.0. The summed E-state index contributed by atoms with van der Waals surface area (Å²) in [6.45, 7) is 0. The van der Waals surface area contributed by atoms with Gasteiger partial charge in [0, 0.05) is 22.5 Å². The molecule has 0 bridgehead atoms. The van der Waals surface area contributed by atoms with Crippen LogP contribution in [0, 0.1) is 11.3 Å². The first-order chi connectivity index (χ1) is 16.5. The molecule has 0 saturated heterocycles. The number of ketones is 1. The fourth-order valence-electron chi connectivity index (χ4n) is 2.72. The van der Waals surface area contributed by atoms with E-state index in [4.69, 9.17) is 26.2 Å². The number of nitrogens with zero attached hydrogens (tertiary/aromatic N) is 1. The number of carbonyl (C=O) groups is 1. The highest BCUT2D eigenvalue weighted by Gasteiger charge is 2.12. The molecule has 0 aliphatic heterocycles. The molecule has 0 heterocycles. The van der Waals surface area contributed by atoms with Gasteiger partial charge in [-0.2, -0.15) is 5.26 Å². The number of methoxy groups -OCH3 is 2. The van der Waals surface area contributed by atoms with E-state index in [9.17, 15) is 4.79 Å². The van der Waals surface area contributed by atoms with Crippen LogP contribution in [0.3, 0.4) is 0 Å². The van der Waals surface area contributed by atoms with Gasteiger partial charge in [-0.05, 0) is 54.6 Å². The third-order valence-corrected chi connectivity index (χ3v) is 4.56. The Balaban J connectivity index is 0.000000201. The second kappa shape index (κ2) is 13.6. The second-order valence-electron chi connectivity index (χ2n) is 6.90. The maximum atomic E-state index is 12.2. The smallest absolute Gasteiger partial charge is 0.195 e. The van der Waals surface area contributed by atoms with E-state index in [2.05, 4.69) is 0 Å². The summed E-state index contributed by atoms with van der Waals surface area (Å²) in [7, 11) is 3.19. The predicted octanol–water partition coefficient (Wildman–Crippen LogP) is 5.34. The van der Waals surface area contributed by atoms with Crippen LogP contribution in [0.2, 0.25) is 0 Å². The van der Waals surface area contributed by atoms with E-state index >= 15 is 0 Å². The van der Waals surface area contributed by atoms with Crippen molar-refractivity contribution in [3.05, 3.63) is 120 Å². The van der Waals surface area contributed by atoms with Crippen molar-refractivity contribution in [1.29, 1.82) is 5.26 Å². The Bertz CT molecular complexity index is 1200. The van der Waals surface area contributed by atoms with Gasteiger partial charge in [0.25, 0.3) is 0 Å². The maximum Gasteiger partial charge on any atom is 0.195 e. The van der Waals surface area contributed by atoms with Crippen LogP contribution in [-0.4, -0.2) is 20.0 Å². The van der Waals surface area contributed by atoms with Gasteiger partial charge in [-0.15, -0.1) is 0 Å². The van der Waals surface area contributed by atoms with Crippen LogP contribution in [0.1, 0.15) is 21.5 Å². The van der Waals surface area contributed by atoms with Crippen LogP contribution in [0.15, 0.2) is 103 Å². The molecule has 6 nitrogen and oxygen atoms in total. The number of nitriles is 1. The highest BCUT2D eigenvalue weighted by molar-refractivity contribution is 6.12. The number of benzene rings is 4. The van der Waals surface area contributed by atoms with Crippen molar-refractivity contribution in [3.63, 3.8) is 0 Å². The molecule has 0 spiro atoms. The molecule has 4 aromatic carbocycles. The normalized spacial score (nSPS) is 9.21. The van der Waals surface area contributed by atoms with Crippen LogP contribution in [0.25, 0.3) is 0 Å². The first-order valence-electron chi connectivity index (χ1n) is 10.4. The molecule has 6 heteroatoms. The van der Waals surface area contributed by atoms with Gasteiger partial charge < -0.3 is 20.9 Å². The van der Waals surface area contributed by atoms with Crippen molar-refractivity contribution in [2.75, 3.05) is 25.7 Å². The molecule has 4 rings (SSSR count). The molecular weight excluding hydrogens is 426 g/mol. The standard InChI is InChI=1S/C14H13NO2.C7H9NO.C7H5N/c1-17-11-7-8-13(15)12(9-11)14(16)10-5-3-2-4-6-10;1-9-7-4-2-6(8)3-5-7;8-6-7-4-2-1-3-5-7/h2-9H,15H2,1H3;2-5H,8H2,1H3;1-5H. The predicted molar refractivity (Wildman–Crippen MR) is 136 cm³/mol. The average molecular weight is 454 g/mol. The molecule has 0 fully saturated rings. The van der Waals surface area contributed by atoms with E-state index in [1.807, 2.05) is 54.6 Å². The zero-order chi connectivity index (χ0) is 24.8. The minimum Gasteiger partial charge on any atom is -0.497 e. The van der Waals surface area contributed by atoms with Crippen LogP contribution in [-0.2, 0) is 0 Å². The van der Waals surface area contributed by atoms with Gasteiger partial charge in [-0.25, -0.2) is 0 Å². The van der Waals surface area contributed by atoms with Crippen molar-refractivity contribution in [3.8, 4) is 17.6 Å². The summed E-state index contributed by atoms with van der Waals surface area (Å²) in [5.41, 5.74) is 14.3. The minimum atomic E-state index is -0.0954. The number of nitrogen functional groups attached to an aromatic ring is 2. The monoisotopic (exact) mass is 453 g/mol. The van der Waals surface area contributed by atoms with E-state index in [1.165, 1.54) is 0 Å². The van der Waals surface area contributed by atoms with Crippen LogP contribution in [0.5, 0.6) is 11.5 Å². The second-order valence-corrected chi connectivity index (χ2v) is 6.90. The Morgan fingerprint density at radius 1 is 0.735 bits per heavy atom. The molecule has 0 aromatic heterocycles. The Kier molecular flexibility index (Phi) is 10.2. The number of hydrogen-bond acceptors (Lipinski definition) is 6. The van der Waals surface area contributed by atoms with E-state index in [0.717, 1.165) is 11.4 Å². The molecule has 0 amide bonds. The quantitative estimate of drug-likeness (QED) is 0.318. The number of hydrogen-bond donors (Lipinski definition) is 2. The lowest BCUT2D eigenvalue weighted by molar-refractivity contribution is 0.103. The van der Waals surface area contributed by atoms with Gasteiger partial charge in [-0.3, -0.25) is 4.79 Å². The summed E-state index contributed by atoms with van der Waals surface area (Å²) in [4.78, 5) is 12.2. The zero-order valence-electron chi connectivity index (χ0n) is 19.1. The summed E-state index contributed by atoms with van der Waals surface area (Å²) in [6, 6.07) is 32.5. The number of nitrogens with two attached hydrogens (primary N) is 2. The Labute approximate surface area is 200 Å². The molecule has 34 heavy (non-hydrogen) atoms. The maximum absolute atomic E-state index is 12.2. The number of ether oxygens (including phenoxy) is 2. The van der Waals surface area contributed by atoms with Crippen molar-refractivity contribution in [1.82, 2.24) is 0 Å². The molecule has 0 saturated carbocycles. The highest BCUT2D eigenvalue weighted by atomic mass is 16.5. The number of anilines is 2. The Hall–Kier alpha value is -4.76. The van der Waals surface area contributed by atoms with Crippen molar-refractivity contribution in [2.24, 2.45) is 0 Å². The molecule has 0 aliphatic rings. The molecule has 0 atom stereocenters. The molecule has 4 aromatic rings. The fraction of sp³-hybridized carbons (Fsp3) is 0.0714. The fourth-order valence-corrected chi connectivity index (χ4v) is 2.72. The highest BCUT2D eigenvalue weighted by Crippen LogP contribution is 2.22. The van der Waals surface area contributed by atoms with Gasteiger partial charge >= 0.3 is 0 Å². The van der Waals surface area contributed by atoms with Crippen LogP contribution >= 0.6 is 0 Å². The van der Waals surface area contributed by atoms with E-state index < -0.39 is 0 Å². The van der Waals surface area contributed by atoms with Gasteiger partial charge in [0.1, 0.15) is 11.5 Å². The third-order valence-electron chi connectivity index (χ3n) is 4.56. The first-order valence-corrected chi connectivity index (χ1v) is 10.4. The summed E-state index contributed by atoms with van der Waals surface area (Å²) in [5.74, 6) is 1.37. The molecular formula is C28H27N3O3. The van der Waals surface area contributed by atoms with Gasteiger partial charge in [0.15, 0.2) is 5.78 Å². The summed E-state index contributed by atoms with van der Waals surface area (Å²) < 4.78 is 10.0. The summed E-state index contributed by atoms with van der Waals surface area (Å²) >= 11 is 0. The van der Waals surface area contributed by atoms with Gasteiger partial charge in [0.05, 0.1) is 25.9 Å². The van der Waals surface area contributed by atoms with Crippen LogP contribution in [0.4, 0.5) is 11.4 Å². The lowest BCUT2D eigenvalue weighted by Crippen LogP contribution is -2.05. The third kappa shape index (κ3) is 8.06. The molecule has 0 aliphatic carbocycles. The van der Waals surface area contributed by atoms with Crippen molar-refractivity contribution in [2.45, 2.75) is 0 Å². The van der Waals surface area contributed by atoms with Crippen molar-refractivity contribution >= 4 is 17.2 Å². The van der Waals surface area contributed by atoms with E-state index in [-0.39, 0.29) is 5.78 Å². The zero-order valence-corrected chi connectivity index (χ0v) is 19.1. The van der Waals surface area contributed by atoms with Crippen LogP contribution < -0.4 is 20.9 Å². The Morgan fingerprint density at radius 2 is 1.26 bits per heavy atom. The number of rotatable bonds is 4. The summed E-state index contributed by atoms with van der Waals surface area (Å²) in [5, 5.41) is 8.29. The lowest BCUT2D eigenvalue weighted by Gasteiger charge is -2.07. The SMILES string of the molecule is COc1ccc(N)c(C(=O)c2ccccc2)c1.COc1ccc(N)cc1.N#Cc1ccccc1. The Morgan fingerprint density at radius 3 is 1.76 bits per heavy atom. The minimum absolute atomic E-state index is 0.0954. The van der Waals surface area contributed by atoms with Gasteiger partial charge in [0.2, 0.25) is 0 Å². The van der Waals surface area contributed by atoms with Crippen molar-refractivity contribution < 1.29 is 14.3 Å².